The molecule has 0 saturated heterocycles. The maximum atomic E-state index is 13.9. The number of aliphatic hydroxyl groups is 2. The van der Waals surface area contributed by atoms with Crippen LogP contribution in [0.25, 0.3) is 22.4 Å². The number of pyridine rings is 1. The molecular weight excluding hydrogens is 287 g/mol. The molecule has 0 amide bonds. The highest BCUT2D eigenvalue weighted by Gasteiger charge is 2.16. The van der Waals surface area contributed by atoms with Crippen molar-refractivity contribution in [3.8, 4) is 11.5 Å². The summed E-state index contributed by atoms with van der Waals surface area (Å²) in [7, 11) is 0. The van der Waals surface area contributed by atoms with Crippen molar-refractivity contribution in [1.29, 1.82) is 0 Å². The van der Waals surface area contributed by atoms with E-state index in [0.717, 1.165) is 0 Å². The lowest BCUT2D eigenvalue weighted by atomic mass is 10.2. The zero-order valence-corrected chi connectivity index (χ0v) is 11.9. The van der Waals surface area contributed by atoms with Crippen LogP contribution in [0.3, 0.4) is 0 Å². The number of rotatable bonds is 4. The van der Waals surface area contributed by atoms with Gasteiger partial charge in [-0.05, 0) is 19.1 Å². The van der Waals surface area contributed by atoms with Crippen molar-refractivity contribution in [2.45, 2.75) is 19.6 Å². The number of nitrogens with zero attached hydrogens (tertiary/aromatic N) is 4. The van der Waals surface area contributed by atoms with Gasteiger partial charge < -0.3 is 10.2 Å². The summed E-state index contributed by atoms with van der Waals surface area (Å²) in [6.07, 6.45) is -0.837. The number of aliphatic hydroxyl groups excluding tert-OH is 2. The zero-order chi connectivity index (χ0) is 15.7. The maximum absolute atomic E-state index is 13.9. The molecule has 0 aliphatic carbocycles. The lowest BCUT2D eigenvalue weighted by Gasteiger charge is -2.05. The van der Waals surface area contributed by atoms with Crippen molar-refractivity contribution in [3.63, 3.8) is 0 Å². The Morgan fingerprint density at radius 3 is 2.77 bits per heavy atom. The van der Waals surface area contributed by atoms with E-state index in [-0.39, 0.29) is 24.5 Å². The summed E-state index contributed by atoms with van der Waals surface area (Å²) in [5.74, 6) is 0.206. The van der Waals surface area contributed by atoms with Crippen LogP contribution in [-0.2, 0) is 6.54 Å². The van der Waals surface area contributed by atoms with E-state index in [1.807, 2.05) is 0 Å². The van der Waals surface area contributed by atoms with Gasteiger partial charge >= 0.3 is 0 Å². The summed E-state index contributed by atoms with van der Waals surface area (Å²) in [5.41, 5.74) is 0.683. The molecule has 1 aromatic carbocycles. The van der Waals surface area contributed by atoms with E-state index in [9.17, 15) is 9.50 Å². The van der Waals surface area contributed by atoms with Gasteiger partial charge in [-0.1, -0.05) is 18.2 Å². The van der Waals surface area contributed by atoms with E-state index >= 15 is 0 Å². The van der Waals surface area contributed by atoms with Gasteiger partial charge in [-0.25, -0.2) is 19.0 Å². The van der Waals surface area contributed by atoms with E-state index in [4.69, 9.17) is 5.11 Å². The quantitative estimate of drug-likeness (QED) is 0.766. The first kappa shape index (κ1) is 14.6. The minimum absolute atomic E-state index is 0.127. The van der Waals surface area contributed by atoms with Crippen molar-refractivity contribution in [2.75, 3.05) is 6.61 Å². The summed E-state index contributed by atoms with van der Waals surface area (Å²) >= 11 is 0. The fourth-order valence-corrected chi connectivity index (χ4v) is 2.21. The SMILES string of the molecule is CC(O)c1nc(-c2ccc3cccc(F)c3n2)n(CCO)n1. The molecule has 2 heterocycles. The van der Waals surface area contributed by atoms with Gasteiger partial charge in [0.2, 0.25) is 0 Å². The topological polar surface area (TPSA) is 84.1 Å². The molecule has 0 aliphatic rings. The first-order valence-corrected chi connectivity index (χ1v) is 6.89. The summed E-state index contributed by atoms with van der Waals surface area (Å²) < 4.78 is 15.3. The van der Waals surface area contributed by atoms with Gasteiger partial charge in [0, 0.05) is 5.39 Å². The molecule has 2 aromatic heterocycles. The van der Waals surface area contributed by atoms with Crippen molar-refractivity contribution in [2.24, 2.45) is 0 Å². The molecule has 0 fully saturated rings. The second-order valence-electron chi connectivity index (χ2n) is 4.92. The normalized spacial score (nSPS) is 12.7. The fraction of sp³-hybridized carbons (Fsp3) is 0.267. The highest BCUT2D eigenvalue weighted by Crippen LogP contribution is 2.22. The lowest BCUT2D eigenvalue weighted by molar-refractivity contribution is 0.187. The van der Waals surface area contributed by atoms with E-state index in [0.29, 0.717) is 16.9 Å². The third-order valence-corrected chi connectivity index (χ3v) is 3.27. The predicted octanol–water partition coefficient (Wildman–Crippen LogP) is 1.68. The second-order valence-corrected chi connectivity index (χ2v) is 4.92. The van der Waals surface area contributed by atoms with E-state index in [2.05, 4.69) is 15.1 Å². The van der Waals surface area contributed by atoms with E-state index in [1.165, 1.54) is 10.7 Å². The second kappa shape index (κ2) is 5.78. The van der Waals surface area contributed by atoms with Crippen LogP contribution in [0.4, 0.5) is 4.39 Å². The number of fused-ring (bicyclic) bond motifs is 1. The largest absolute Gasteiger partial charge is 0.394 e. The van der Waals surface area contributed by atoms with Crippen molar-refractivity contribution in [3.05, 3.63) is 42.0 Å². The Bertz CT molecular complexity index is 816. The van der Waals surface area contributed by atoms with Crippen LogP contribution in [-0.4, -0.2) is 36.6 Å². The van der Waals surface area contributed by atoms with Gasteiger partial charge in [-0.2, -0.15) is 5.10 Å². The van der Waals surface area contributed by atoms with Crippen LogP contribution in [0.15, 0.2) is 30.3 Å². The van der Waals surface area contributed by atoms with Gasteiger partial charge in [-0.15, -0.1) is 0 Å². The van der Waals surface area contributed by atoms with Gasteiger partial charge in [0.15, 0.2) is 11.6 Å². The standard InChI is InChI=1S/C15H15FN4O2/c1-9(22)14-18-15(20(19-14)7-8-21)12-6-5-10-3-2-4-11(16)13(10)17-12/h2-6,9,21-22H,7-8H2,1H3. The van der Waals surface area contributed by atoms with Crippen molar-refractivity contribution < 1.29 is 14.6 Å². The number of para-hydroxylation sites is 1. The number of hydrogen-bond acceptors (Lipinski definition) is 5. The maximum Gasteiger partial charge on any atom is 0.179 e. The number of benzene rings is 1. The number of hydrogen-bond donors (Lipinski definition) is 2. The summed E-state index contributed by atoms with van der Waals surface area (Å²) in [6, 6.07) is 8.21. The molecule has 1 atom stereocenters. The average Bonchev–Trinajstić information content (AvgIpc) is 2.92. The Hall–Kier alpha value is -2.38. The molecule has 0 aliphatic heterocycles. The first-order chi connectivity index (χ1) is 10.6. The van der Waals surface area contributed by atoms with Crippen LogP contribution < -0.4 is 0 Å². The van der Waals surface area contributed by atoms with Crippen molar-refractivity contribution >= 4 is 10.9 Å². The van der Waals surface area contributed by atoms with Gasteiger partial charge in [0.1, 0.15) is 23.1 Å². The third kappa shape index (κ3) is 2.56. The number of aromatic nitrogens is 4. The average molecular weight is 302 g/mol. The van der Waals surface area contributed by atoms with Gasteiger partial charge in [0.25, 0.3) is 0 Å². The molecule has 22 heavy (non-hydrogen) atoms. The minimum atomic E-state index is -0.837. The Labute approximate surface area is 125 Å². The molecule has 3 aromatic rings. The predicted molar refractivity (Wildman–Crippen MR) is 78.4 cm³/mol. The highest BCUT2D eigenvalue weighted by molar-refractivity contribution is 5.81. The molecular formula is C15H15FN4O2. The zero-order valence-electron chi connectivity index (χ0n) is 11.9. The van der Waals surface area contributed by atoms with Crippen molar-refractivity contribution in [1.82, 2.24) is 19.7 Å². The Morgan fingerprint density at radius 1 is 1.23 bits per heavy atom. The molecule has 1 unspecified atom stereocenters. The van der Waals surface area contributed by atoms with Crippen LogP contribution in [0, 0.1) is 5.82 Å². The van der Waals surface area contributed by atoms with E-state index in [1.54, 1.807) is 31.2 Å². The summed E-state index contributed by atoms with van der Waals surface area (Å²) in [5, 5.41) is 23.6. The minimum Gasteiger partial charge on any atom is -0.394 e. The first-order valence-electron chi connectivity index (χ1n) is 6.89. The van der Waals surface area contributed by atoms with Gasteiger partial charge in [-0.3, -0.25) is 0 Å². The smallest absolute Gasteiger partial charge is 0.179 e. The van der Waals surface area contributed by atoms with Gasteiger partial charge in [0.05, 0.1) is 13.2 Å². The fourth-order valence-electron chi connectivity index (χ4n) is 2.21. The summed E-state index contributed by atoms with van der Waals surface area (Å²) in [6.45, 7) is 1.64. The lowest BCUT2D eigenvalue weighted by Crippen LogP contribution is -2.07. The van der Waals surface area contributed by atoms with Crippen LogP contribution in [0.1, 0.15) is 18.9 Å². The Morgan fingerprint density at radius 2 is 2.05 bits per heavy atom. The third-order valence-electron chi connectivity index (χ3n) is 3.27. The van der Waals surface area contributed by atoms with Crippen LogP contribution in [0.5, 0.6) is 0 Å². The molecule has 7 heteroatoms. The molecule has 0 spiro atoms. The monoisotopic (exact) mass is 302 g/mol. The Kier molecular flexibility index (Phi) is 3.82. The van der Waals surface area contributed by atoms with E-state index < -0.39 is 11.9 Å². The van der Waals surface area contributed by atoms with Crippen LogP contribution in [0.2, 0.25) is 0 Å². The van der Waals surface area contributed by atoms with Crippen LogP contribution >= 0.6 is 0 Å². The summed E-state index contributed by atoms with van der Waals surface area (Å²) in [4.78, 5) is 8.54. The molecule has 2 N–H and O–H groups in total. The molecule has 3 rings (SSSR count). The number of halogens is 1. The molecule has 114 valence electrons. The highest BCUT2D eigenvalue weighted by atomic mass is 19.1. The molecule has 0 radical (unpaired) electrons. The molecule has 6 nitrogen and oxygen atoms in total. The molecule has 0 bridgehead atoms. The Balaban J connectivity index is 2.15. The molecule has 0 saturated carbocycles.